The maximum Gasteiger partial charge on any atom is 0.410 e. The Morgan fingerprint density at radius 3 is 2.88 bits per heavy atom. The molecule has 1 aromatic carbocycles. The normalized spacial score (nSPS) is 13.5. The Labute approximate surface area is 138 Å². The van der Waals surface area contributed by atoms with Crippen molar-refractivity contribution in [3.63, 3.8) is 0 Å². The first-order valence-corrected chi connectivity index (χ1v) is 7.68. The number of fused-ring (bicyclic) bond motifs is 3. The lowest BCUT2D eigenvalue weighted by molar-refractivity contribution is 0.100. The molecular formula is C16H19N5O3. The molecule has 3 rings (SSSR count). The second-order valence-electron chi connectivity index (χ2n) is 5.55. The van der Waals surface area contributed by atoms with Crippen LogP contribution in [0.25, 0.3) is 10.9 Å². The Bertz CT molecular complexity index is 836. The van der Waals surface area contributed by atoms with Crippen LogP contribution < -0.4 is 11.5 Å². The van der Waals surface area contributed by atoms with Gasteiger partial charge in [0.2, 0.25) is 0 Å². The third-order valence-corrected chi connectivity index (χ3v) is 3.98. The minimum atomic E-state index is -0.488. The van der Waals surface area contributed by atoms with E-state index in [1.807, 2.05) is 6.07 Å². The molecule has 0 atom stereocenters. The standard InChI is InChI=1S/C16H19N5O3/c1-2-24-16(23)21-6-5-12-11(8-21)10-4-3-9(7-13(10)19-12)14(22)20-15(17)18/h3-4,7,19H,2,5-6,8H2,1H3,(H4,17,18,20,22). The Morgan fingerprint density at radius 2 is 2.17 bits per heavy atom. The van der Waals surface area contributed by atoms with Crippen molar-refractivity contribution < 1.29 is 14.3 Å². The van der Waals surface area contributed by atoms with Crippen LogP contribution in [0.5, 0.6) is 0 Å². The topological polar surface area (TPSA) is 127 Å². The van der Waals surface area contributed by atoms with E-state index in [0.29, 0.717) is 31.7 Å². The molecule has 1 aromatic heterocycles. The molecule has 8 heteroatoms. The van der Waals surface area contributed by atoms with Crippen molar-refractivity contribution in [3.05, 3.63) is 35.0 Å². The first-order valence-electron chi connectivity index (χ1n) is 7.68. The number of carbonyl (C=O) groups is 2. The van der Waals surface area contributed by atoms with Crippen molar-refractivity contribution in [1.29, 1.82) is 0 Å². The van der Waals surface area contributed by atoms with E-state index in [1.165, 1.54) is 0 Å². The number of nitrogens with two attached hydrogens (primary N) is 2. The second kappa shape index (κ2) is 6.23. The number of nitrogens with one attached hydrogen (secondary N) is 1. The average Bonchev–Trinajstić information content (AvgIpc) is 2.91. The van der Waals surface area contributed by atoms with Gasteiger partial charge in [0.15, 0.2) is 5.96 Å². The Morgan fingerprint density at radius 1 is 1.38 bits per heavy atom. The van der Waals surface area contributed by atoms with E-state index in [2.05, 4.69) is 9.98 Å². The summed E-state index contributed by atoms with van der Waals surface area (Å²) in [7, 11) is 0. The van der Waals surface area contributed by atoms with Gasteiger partial charge in [0.1, 0.15) is 0 Å². The predicted octanol–water partition coefficient (Wildman–Crippen LogP) is 1.10. The van der Waals surface area contributed by atoms with Crippen molar-refractivity contribution in [2.45, 2.75) is 19.9 Å². The number of hydrogen-bond donors (Lipinski definition) is 3. The molecule has 0 radical (unpaired) electrons. The van der Waals surface area contributed by atoms with E-state index in [-0.39, 0.29) is 12.1 Å². The number of amides is 2. The monoisotopic (exact) mass is 329 g/mol. The van der Waals surface area contributed by atoms with Crippen molar-refractivity contribution in [2.75, 3.05) is 13.2 Å². The molecule has 0 fully saturated rings. The van der Waals surface area contributed by atoms with Crippen molar-refractivity contribution in [2.24, 2.45) is 16.5 Å². The summed E-state index contributed by atoms with van der Waals surface area (Å²) < 4.78 is 5.07. The number of rotatable bonds is 2. The van der Waals surface area contributed by atoms with Crippen LogP contribution >= 0.6 is 0 Å². The summed E-state index contributed by atoms with van der Waals surface area (Å²) in [5.74, 6) is -0.756. The van der Waals surface area contributed by atoms with E-state index in [1.54, 1.807) is 24.0 Å². The molecule has 24 heavy (non-hydrogen) atoms. The Kier molecular flexibility index (Phi) is 4.11. The van der Waals surface area contributed by atoms with Gasteiger partial charge in [-0.25, -0.2) is 4.79 Å². The van der Waals surface area contributed by atoms with E-state index >= 15 is 0 Å². The lowest BCUT2D eigenvalue weighted by atomic mass is 10.0. The molecule has 0 aliphatic carbocycles. The first-order chi connectivity index (χ1) is 11.5. The largest absolute Gasteiger partial charge is 0.450 e. The van der Waals surface area contributed by atoms with Gasteiger partial charge in [-0.15, -0.1) is 0 Å². The molecule has 0 saturated heterocycles. The number of nitrogens with zero attached hydrogens (tertiary/aromatic N) is 2. The molecule has 0 bridgehead atoms. The molecule has 8 nitrogen and oxygen atoms in total. The molecule has 2 amide bonds. The molecule has 5 N–H and O–H groups in total. The minimum absolute atomic E-state index is 0.268. The number of aromatic amines is 1. The fourth-order valence-corrected chi connectivity index (χ4v) is 2.91. The molecular weight excluding hydrogens is 310 g/mol. The number of H-pyrrole nitrogens is 1. The van der Waals surface area contributed by atoms with Gasteiger partial charge in [-0.2, -0.15) is 4.99 Å². The molecule has 1 aliphatic heterocycles. The van der Waals surface area contributed by atoms with Gasteiger partial charge >= 0.3 is 6.09 Å². The highest BCUT2D eigenvalue weighted by molar-refractivity contribution is 6.04. The van der Waals surface area contributed by atoms with Crippen LogP contribution in [0.1, 0.15) is 28.5 Å². The number of benzene rings is 1. The molecule has 2 heterocycles. The van der Waals surface area contributed by atoms with Crippen molar-refractivity contribution >= 4 is 28.9 Å². The number of hydrogen-bond acceptors (Lipinski definition) is 3. The lowest BCUT2D eigenvalue weighted by Crippen LogP contribution is -2.36. The van der Waals surface area contributed by atoms with Gasteiger partial charge < -0.3 is 26.1 Å². The second-order valence-corrected chi connectivity index (χ2v) is 5.55. The van der Waals surface area contributed by atoms with E-state index in [0.717, 1.165) is 22.2 Å². The third-order valence-electron chi connectivity index (χ3n) is 3.98. The van der Waals surface area contributed by atoms with Crippen LogP contribution in [0, 0.1) is 0 Å². The predicted molar refractivity (Wildman–Crippen MR) is 89.6 cm³/mol. The van der Waals surface area contributed by atoms with Crippen LogP contribution in [0.2, 0.25) is 0 Å². The fourth-order valence-electron chi connectivity index (χ4n) is 2.91. The lowest BCUT2D eigenvalue weighted by Gasteiger charge is -2.26. The number of carbonyl (C=O) groups excluding carboxylic acids is 2. The summed E-state index contributed by atoms with van der Waals surface area (Å²) >= 11 is 0. The molecule has 0 spiro atoms. The number of aromatic nitrogens is 1. The summed E-state index contributed by atoms with van der Waals surface area (Å²) in [4.78, 5) is 32.4. The number of aliphatic imine (C=N–C) groups is 1. The van der Waals surface area contributed by atoms with Crippen LogP contribution in [0.3, 0.4) is 0 Å². The molecule has 0 unspecified atom stereocenters. The first kappa shape index (κ1) is 15.9. The Balaban J connectivity index is 1.92. The van der Waals surface area contributed by atoms with Gasteiger partial charge in [-0.3, -0.25) is 4.79 Å². The SMILES string of the molecule is CCOC(=O)N1CCc2[nH]c3cc(C(=O)N=C(N)N)ccc3c2C1. The zero-order chi connectivity index (χ0) is 17.3. The summed E-state index contributed by atoms with van der Waals surface area (Å²) in [6, 6.07) is 5.24. The molecule has 1 aliphatic rings. The van der Waals surface area contributed by atoms with Crippen LogP contribution in [0.15, 0.2) is 23.2 Å². The minimum Gasteiger partial charge on any atom is -0.450 e. The van der Waals surface area contributed by atoms with E-state index in [9.17, 15) is 9.59 Å². The maximum absolute atomic E-state index is 11.9. The van der Waals surface area contributed by atoms with Crippen LogP contribution in [0.4, 0.5) is 4.79 Å². The van der Waals surface area contributed by atoms with Crippen molar-refractivity contribution in [1.82, 2.24) is 9.88 Å². The van der Waals surface area contributed by atoms with Crippen molar-refractivity contribution in [3.8, 4) is 0 Å². The van der Waals surface area contributed by atoms with E-state index < -0.39 is 5.91 Å². The van der Waals surface area contributed by atoms with Crippen LogP contribution in [-0.4, -0.2) is 41.0 Å². The number of ether oxygens (including phenoxy) is 1. The summed E-state index contributed by atoms with van der Waals surface area (Å²) in [6.07, 6.45) is 0.400. The van der Waals surface area contributed by atoms with Gasteiger partial charge in [0.05, 0.1) is 13.2 Å². The zero-order valence-electron chi connectivity index (χ0n) is 13.3. The van der Waals surface area contributed by atoms with Gasteiger partial charge in [0.25, 0.3) is 5.91 Å². The smallest absolute Gasteiger partial charge is 0.410 e. The average molecular weight is 329 g/mol. The highest BCUT2D eigenvalue weighted by atomic mass is 16.6. The van der Waals surface area contributed by atoms with Gasteiger partial charge in [0, 0.05) is 40.7 Å². The van der Waals surface area contributed by atoms with E-state index in [4.69, 9.17) is 16.2 Å². The molecule has 0 saturated carbocycles. The maximum atomic E-state index is 11.9. The highest BCUT2D eigenvalue weighted by Gasteiger charge is 2.25. The molecule has 126 valence electrons. The number of guanidine groups is 1. The molecule has 2 aromatic rings. The van der Waals surface area contributed by atoms with Gasteiger partial charge in [-0.1, -0.05) is 6.07 Å². The van der Waals surface area contributed by atoms with Crippen LogP contribution in [-0.2, 0) is 17.7 Å². The quantitative estimate of drug-likeness (QED) is 0.561. The Hall–Kier alpha value is -3.03. The third kappa shape index (κ3) is 2.90. The zero-order valence-corrected chi connectivity index (χ0v) is 13.3. The fraction of sp³-hybridized carbons (Fsp3) is 0.312. The summed E-state index contributed by atoms with van der Waals surface area (Å²) in [5.41, 5.74) is 13.8. The highest BCUT2D eigenvalue weighted by Crippen LogP contribution is 2.28. The summed E-state index contributed by atoms with van der Waals surface area (Å²) in [6.45, 7) is 3.22. The summed E-state index contributed by atoms with van der Waals surface area (Å²) in [5, 5.41) is 0.972. The van der Waals surface area contributed by atoms with Gasteiger partial charge in [-0.05, 0) is 19.1 Å².